The van der Waals surface area contributed by atoms with Crippen molar-refractivity contribution in [3.05, 3.63) is 0 Å². The lowest BCUT2D eigenvalue weighted by Gasteiger charge is -2.31. The van der Waals surface area contributed by atoms with Crippen LogP contribution in [0.5, 0.6) is 0 Å². The van der Waals surface area contributed by atoms with Crippen molar-refractivity contribution in [2.24, 2.45) is 16.5 Å². The molecule has 0 heterocycles. The van der Waals surface area contributed by atoms with Crippen LogP contribution in [0.2, 0.25) is 0 Å². The van der Waals surface area contributed by atoms with Crippen LogP contribution in [0.1, 0.15) is 114 Å². The van der Waals surface area contributed by atoms with Gasteiger partial charge in [-0.1, -0.05) is 0 Å². The summed E-state index contributed by atoms with van der Waals surface area (Å²) >= 11 is 0. The summed E-state index contributed by atoms with van der Waals surface area (Å²) in [6, 6.07) is 0. The highest BCUT2D eigenvalue weighted by Crippen LogP contribution is 2.18. The van der Waals surface area contributed by atoms with Crippen LogP contribution in [0.15, 0.2) is 4.99 Å². The highest BCUT2D eigenvalue weighted by molar-refractivity contribution is 5.90. The number of unbranched alkanes of at least 4 members (excludes halogenated alkanes) is 3. The lowest BCUT2D eigenvalue weighted by Crippen LogP contribution is -2.58. The molecule has 0 bridgehead atoms. The number of nitrogens with zero attached hydrogens (tertiary/aromatic N) is 1. The number of nitrogens with one attached hydrogen (secondary N) is 4. The third kappa shape index (κ3) is 18.9. The van der Waals surface area contributed by atoms with Crippen LogP contribution in [0.25, 0.3) is 0 Å². The number of aliphatic imine (C=N–C) groups is 1. The first-order valence-electron chi connectivity index (χ1n) is 15.3. The molecule has 13 heteroatoms. The third-order valence-electron chi connectivity index (χ3n) is 6.31. The average Bonchev–Trinajstić information content (AvgIpc) is 2.82. The van der Waals surface area contributed by atoms with E-state index in [1.807, 2.05) is 0 Å². The number of ether oxygens (including phenoxy) is 2. The van der Waals surface area contributed by atoms with Gasteiger partial charge in [-0.05, 0) is 120 Å². The van der Waals surface area contributed by atoms with Gasteiger partial charge in [0, 0.05) is 19.6 Å². The van der Waals surface area contributed by atoms with Gasteiger partial charge in [0.1, 0.15) is 22.3 Å². The van der Waals surface area contributed by atoms with Gasteiger partial charge in [-0.15, -0.1) is 0 Å². The zero-order valence-corrected chi connectivity index (χ0v) is 28.0. The van der Waals surface area contributed by atoms with E-state index in [0.29, 0.717) is 77.0 Å². The number of carbonyl (C=O) groups excluding carboxylic acids is 4. The number of amides is 4. The fourth-order valence-corrected chi connectivity index (χ4v) is 4.04. The third-order valence-corrected chi connectivity index (χ3v) is 6.31. The van der Waals surface area contributed by atoms with Crippen molar-refractivity contribution in [3.63, 3.8) is 0 Å². The van der Waals surface area contributed by atoms with Crippen molar-refractivity contribution in [2.45, 2.75) is 136 Å². The van der Waals surface area contributed by atoms with Crippen molar-refractivity contribution in [1.82, 2.24) is 21.3 Å². The second-order valence-corrected chi connectivity index (χ2v) is 13.4. The summed E-state index contributed by atoms with van der Waals surface area (Å²) in [5.41, 5.74) is 7.45. The molecule has 0 rings (SSSR count). The minimum atomic E-state index is -1.18. The average molecular weight is 614 g/mol. The Labute approximate surface area is 258 Å². The Morgan fingerprint density at radius 1 is 0.651 bits per heavy atom. The largest absolute Gasteiger partial charge is 0.444 e. The molecule has 0 spiro atoms. The lowest BCUT2D eigenvalue weighted by molar-refractivity contribution is -0.128. The second kappa shape index (κ2) is 18.5. The maximum Gasteiger partial charge on any atom is 0.408 e. The molecule has 0 aliphatic carbocycles. The molecule has 0 aliphatic heterocycles. The molecule has 2 atom stereocenters. The molecule has 13 nitrogen and oxygen atoms in total. The number of carbonyl (C=O) groups is 4. The molecule has 0 aliphatic rings. The smallest absolute Gasteiger partial charge is 0.408 e. The molecule has 250 valence electrons. The van der Waals surface area contributed by atoms with E-state index >= 15 is 0 Å². The summed E-state index contributed by atoms with van der Waals surface area (Å²) in [6.45, 7) is 17.3. The normalized spacial score (nSPS) is 15.0. The fraction of sp³-hybridized carbons (Fsp3) is 0.833. The first-order valence-corrected chi connectivity index (χ1v) is 15.3. The molecule has 0 saturated carbocycles. The lowest BCUT2D eigenvalue weighted by atomic mass is 9.93. The Balaban J connectivity index is 5.01. The van der Waals surface area contributed by atoms with Gasteiger partial charge >= 0.3 is 12.2 Å². The molecule has 0 radical (unpaired) electrons. The van der Waals surface area contributed by atoms with Crippen molar-refractivity contribution < 1.29 is 28.7 Å². The number of nitrogens with two attached hydrogens (primary N) is 2. The van der Waals surface area contributed by atoms with Crippen molar-refractivity contribution >= 4 is 29.8 Å². The van der Waals surface area contributed by atoms with Crippen molar-refractivity contribution in [3.8, 4) is 0 Å². The van der Waals surface area contributed by atoms with E-state index in [9.17, 15) is 19.2 Å². The summed E-state index contributed by atoms with van der Waals surface area (Å²) in [7, 11) is 0. The Kier molecular flexibility index (Phi) is 17.2. The van der Waals surface area contributed by atoms with E-state index in [2.05, 4.69) is 26.3 Å². The first-order chi connectivity index (χ1) is 19.7. The van der Waals surface area contributed by atoms with E-state index < -0.39 is 34.5 Å². The molecule has 0 aromatic heterocycles. The second-order valence-electron chi connectivity index (χ2n) is 13.4. The van der Waals surface area contributed by atoms with Gasteiger partial charge in [0.25, 0.3) is 0 Å². The van der Waals surface area contributed by atoms with E-state index in [-0.39, 0.29) is 11.8 Å². The standard InChI is InChI=1S/C30H59N7O6/c1-22(32)33-19-13-11-17-30(9,37-26(41)43-28(5,6)7)24(39)35-21-15-14-20-34-23(38)29(8,16-10-12-18-31)36-25(40)42-27(2,3)4/h10-21,31H2,1-9H3,(H2,32,33)(H,34,38)(H,35,39)(H,36,40)(H,37,41). The van der Waals surface area contributed by atoms with Crippen LogP contribution in [-0.4, -0.2) is 78.3 Å². The highest BCUT2D eigenvalue weighted by atomic mass is 16.6. The molecular formula is C30H59N7O6. The summed E-state index contributed by atoms with van der Waals surface area (Å²) < 4.78 is 10.7. The van der Waals surface area contributed by atoms with Gasteiger partial charge in [-0.2, -0.15) is 0 Å². The Bertz CT molecular complexity index is 925. The zero-order chi connectivity index (χ0) is 33.3. The summed E-state index contributed by atoms with van der Waals surface area (Å²) in [5, 5.41) is 11.2. The number of alkyl carbamates (subject to hydrolysis) is 2. The van der Waals surface area contributed by atoms with E-state index in [1.165, 1.54) is 0 Å². The maximum absolute atomic E-state index is 13.2. The van der Waals surface area contributed by atoms with E-state index in [0.717, 1.165) is 6.42 Å². The van der Waals surface area contributed by atoms with E-state index in [1.54, 1.807) is 62.3 Å². The quantitative estimate of drug-likeness (QED) is 0.0768. The monoisotopic (exact) mass is 613 g/mol. The number of hydrogen-bond donors (Lipinski definition) is 6. The van der Waals surface area contributed by atoms with Crippen LogP contribution in [0.4, 0.5) is 9.59 Å². The molecule has 43 heavy (non-hydrogen) atoms. The van der Waals surface area contributed by atoms with Crippen LogP contribution in [0, 0.1) is 0 Å². The molecule has 0 fully saturated rings. The number of rotatable bonds is 18. The molecular weight excluding hydrogens is 554 g/mol. The topological polar surface area (TPSA) is 199 Å². The zero-order valence-electron chi connectivity index (χ0n) is 28.0. The van der Waals surface area contributed by atoms with Crippen molar-refractivity contribution in [2.75, 3.05) is 26.2 Å². The van der Waals surface area contributed by atoms with E-state index in [4.69, 9.17) is 20.9 Å². The van der Waals surface area contributed by atoms with Gasteiger partial charge < -0.3 is 42.2 Å². The van der Waals surface area contributed by atoms with Gasteiger partial charge in [-0.25, -0.2) is 9.59 Å². The van der Waals surface area contributed by atoms with Gasteiger partial charge in [0.05, 0.1) is 5.84 Å². The minimum Gasteiger partial charge on any atom is -0.444 e. The molecule has 8 N–H and O–H groups in total. The highest BCUT2D eigenvalue weighted by Gasteiger charge is 2.37. The predicted octanol–water partition coefficient (Wildman–Crippen LogP) is 3.24. The summed E-state index contributed by atoms with van der Waals surface area (Å²) in [5.74, 6) is -0.142. The molecule has 0 aromatic carbocycles. The van der Waals surface area contributed by atoms with Gasteiger partial charge in [0.15, 0.2) is 0 Å². The molecule has 0 saturated heterocycles. The SMILES string of the molecule is CC(N)=NCCCCC(C)(NC(=O)OC(C)(C)C)C(=O)NCCCCNC(=O)C(C)(CCCCN)NC(=O)OC(C)(C)C. The Hall–Kier alpha value is -3.09. The first kappa shape index (κ1) is 39.9. The molecule has 2 unspecified atom stereocenters. The number of hydrogen-bond acceptors (Lipinski definition) is 8. The predicted molar refractivity (Wildman–Crippen MR) is 170 cm³/mol. The van der Waals surface area contributed by atoms with Crippen LogP contribution >= 0.6 is 0 Å². The fourth-order valence-electron chi connectivity index (χ4n) is 4.04. The van der Waals surface area contributed by atoms with Gasteiger partial charge in [-0.3, -0.25) is 14.6 Å². The van der Waals surface area contributed by atoms with Crippen molar-refractivity contribution in [1.29, 1.82) is 0 Å². The molecule has 4 amide bonds. The summed E-state index contributed by atoms with van der Waals surface area (Å²) in [4.78, 5) is 55.3. The van der Waals surface area contributed by atoms with Gasteiger partial charge in [0.2, 0.25) is 11.8 Å². The van der Waals surface area contributed by atoms with Crippen LogP contribution < -0.4 is 32.7 Å². The Morgan fingerprint density at radius 3 is 1.40 bits per heavy atom. The van der Waals surface area contributed by atoms with Crippen LogP contribution in [-0.2, 0) is 19.1 Å². The maximum atomic E-state index is 13.2. The number of amidine groups is 1. The summed E-state index contributed by atoms with van der Waals surface area (Å²) in [6.07, 6.45) is 3.38. The Morgan fingerprint density at radius 2 is 1.05 bits per heavy atom. The molecule has 0 aromatic rings. The minimum absolute atomic E-state index is 0.317. The van der Waals surface area contributed by atoms with Crippen LogP contribution in [0.3, 0.4) is 0 Å².